The Morgan fingerprint density at radius 1 is 1.00 bits per heavy atom. The molecule has 1 rings (SSSR count). The molecule has 12 heavy (non-hydrogen) atoms. The Bertz CT molecular complexity index is 244. The second-order valence-electron chi connectivity index (χ2n) is 4.24. The van der Waals surface area contributed by atoms with E-state index < -0.39 is 7.59 Å². The van der Waals surface area contributed by atoms with Crippen LogP contribution in [-0.2, 0) is 0 Å². The smallest absolute Gasteiger partial charge is 0.0705 e. The number of hydrogen-bond donors (Lipinski definition) is 0. The van der Waals surface area contributed by atoms with Gasteiger partial charge in [0.25, 0.3) is 0 Å². The summed E-state index contributed by atoms with van der Waals surface area (Å²) in [5.41, 5.74) is 1.36. The van der Waals surface area contributed by atoms with Gasteiger partial charge in [-0.15, -0.1) is 0 Å². The maximum absolute atomic E-state index is 2.42. The van der Waals surface area contributed by atoms with E-state index in [1.54, 1.807) is 0 Å². The van der Waals surface area contributed by atoms with E-state index in [9.17, 15) is 0 Å². The van der Waals surface area contributed by atoms with Crippen molar-refractivity contribution in [1.29, 1.82) is 0 Å². The average molecular weight is 192 g/mol. The molecule has 0 aromatic heterocycles. The maximum atomic E-state index is 2.42. The van der Waals surface area contributed by atoms with Gasteiger partial charge in [0.1, 0.15) is 0 Å². The zero-order valence-corrected chi connectivity index (χ0v) is 10.3. The molecule has 0 saturated carbocycles. The summed E-state index contributed by atoms with van der Waals surface area (Å²) < 4.78 is 0. The van der Waals surface area contributed by atoms with E-state index in [-0.39, 0.29) is 0 Å². The summed E-state index contributed by atoms with van der Waals surface area (Å²) in [5, 5.41) is 1.53. The van der Waals surface area contributed by atoms with Gasteiger partial charge in [-0.1, -0.05) is 54.7 Å². The van der Waals surface area contributed by atoms with Gasteiger partial charge in [0.15, 0.2) is 0 Å². The minimum absolute atomic E-state index is 0.888. The highest BCUT2D eigenvalue weighted by atomic mass is 29.2. The van der Waals surface area contributed by atoms with Crippen LogP contribution in [0.15, 0.2) is 24.3 Å². The standard InChI is InChI=1S/C10H16Si2/c1-9-5-7-10(8-6-9)11-12(2,3)4/h5-8H,1-4H3. The molecule has 0 aliphatic carbocycles. The SMILES string of the molecule is Cc1ccc([Si][Si](C)(C)C)cc1. The molecule has 0 aliphatic rings. The molecule has 0 nitrogen and oxygen atoms in total. The Balaban J connectivity index is 2.71. The molecule has 0 N–H and O–H groups in total. The van der Waals surface area contributed by atoms with Crippen LogP contribution in [0.5, 0.6) is 0 Å². The van der Waals surface area contributed by atoms with Crippen LogP contribution in [0.25, 0.3) is 0 Å². The summed E-state index contributed by atoms with van der Waals surface area (Å²) in [6, 6.07) is 8.96. The molecule has 1 aromatic rings. The molecule has 0 atom stereocenters. The topological polar surface area (TPSA) is 0 Å². The fraction of sp³-hybridized carbons (Fsp3) is 0.400. The minimum Gasteiger partial charge on any atom is -0.0716 e. The Hall–Kier alpha value is -0.346. The average Bonchev–Trinajstić information content (AvgIpc) is 1.91. The Labute approximate surface area is 78.6 Å². The van der Waals surface area contributed by atoms with Crippen LogP contribution >= 0.6 is 0 Å². The molecule has 2 heteroatoms. The predicted molar refractivity (Wildman–Crippen MR) is 59.9 cm³/mol. The van der Waals surface area contributed by atoms with Gasteiger partial charge in [-0.3, -0.25) is 0 Å². The van der Waals surface area contributed by atoms with Gasteiger partial charge in [-0.2, -0.15) is 0 Å². The van der Waals surface area contributed by atoms with Gasteiger partial charge in [-0.05, 0) is 6.92 Å². The van der Waals surface area contributed by atoms with E-state index in [0.717, 1.165) is 9.04 Å². The Kier molecular flexibility index (Phi) is 2.91. The molecule has 0 fully saturated rings. The molecule has 0 bridgehead atoms. The van der Waals surface area contributed by atoms with Crippen molar-refractivity contribution in [3.8, 4) is 0 Å². The lowest BCUT2D eigenvalue weighted by Crippen LogP contribution is -2.38. The zero-order valence-electron chi connectivity index (χ0n) is 8.31. The van der Waals surface area contributed by atoms with E-state index >= 15 is 0 Å². The molecule has 1 aromatic carbocycles. The lowest BCUT2D eigenvalue weighted by atomic mass is 10.2. The van der Waals surface area contributed by atoms with Crippen molar-refractivity contribution in [2.24, 2.45) is 0 Å². The first kappa shape index (κ1) is 9.74. The fourth-order valence-electron chi connectivity index (χ4n) is 1.07. The first-order valence-corrected chi connectivity index (χ1v) is 9.82. The van der Waals surface area contributed by atoms with E-state index in [0.29, 0.717) is 0 Å². The highest BCUT2D eigenvalue weighted by Gasteiger charge is 2.14. The third-order valence-corrected chi connectivity index (χ3v) is 6.06. The second-order valence-corrected chi connectivity index (χ2v) is 14.8. The number of aryl methyl sites for hydroxylation is 1. The van der Waals surface area contributed by atoms with Crippen molar-refractivity contribution < 1.29 is 0 Å². The van der Waals surface area contributed by atoms with Crippen LogP contribution in [0.4, 0.5) is 0 Å². The number of benzene rings is 1. The molecule has 0 unspecified atom stereocenters. The molecule has 2 radical (unpaired) electrons. The Morgan fingerprint density at radius 2 is 1.50 bits per heavy atom. The molecule has 0 saturated heterocycles. The van der Waals surface area contributed by atoms with E-state index in [2.05, 4.69) is 50.8 Å². The quantitative estimate of drug-likeness (QED) is 0.630. The van der Waals surface area contributed by atoms with Crippen LogP contribution < -0.4 is 5.19 Å². The van der Waals surface area contributed by atoms with Crippen molar-refractivity contribution in [2.45, 2.75) is 26.6 Å². The van der Waals surface area contributed by atoms with Crippen molar-refractivity contribution in [2.75, 3.05) is 0 Å². The summed E-state index contributed by atoms with van der Waals surface area (Å²) in [5.74, 6) is 0. The van der Waals surface area contributed by atoms with Gasteiger partial charge in [0, 0.05) is 7.59 Å². The third-order valence-electron chi connectivity index (χ3n) is 1.57. The summed E-state index contributed by atoms with van der Waals surface area (Å²) in [6.07, 6.45) is 0. The molecule has 0 aliphatic heterocycles. The van der Waals surface area contributed by atoms with Crippen molar-refractivity contribution >= 4 is 21.8 Å². The van der Waals surface area contributed by atoms with E-state index in [1.807, 2.05) is 0 Å². The maximum Gasteiger partial charge on any atom is 0.0705 e. The van der Waals surface area contributed by atoms with Gasteiger partial charge in [-0.25, -0.2) is 0 Å². The number of rotatable bonds is 2. The molecule has 0 heterocycles. The summed E-state index contributed by atoms with van der Waals surface area (Å²) >= 11 is 0. The second kappa shape index (κ2) is 3.58. The monoisotopic (exact) mass is 192 g/mol. The van der Waals surface area contributed by atoms with Gasteiger partial charge < -0.3 is 0 Å². The largest absolute Gasteiger partial charge is 0.0716 e. The highest BCUT2D eigenvalue weighted by molar-refractivity contribution is 7.27. The van der Waals surface area contributed by atoms with Crippen LogP contribution in [0.2, 0.25) is 19.6 Å². The van der Waals surface area contributed by atoms with Gasteiger partial charge in [0.2, 0.25) is 0 Å². The molecule has 0 amide bonds. The van der Waals surface area contributed by atoms with Crippen molar-refractivity contribution in [3.63, 3.8) is 0 Å². The molecular weight excluding hydrogens is 176 g/mol. The highest BCUT2D eigenvalue weighted by Crippen LogP contribution is 1.99. The first-order chi connectivity index (χ1) is 5.47. The minimum atomic E-state index is -0.888. The normalized spacial score (nSPS) is 11.7. The molecule has 64 valence electrons. The lowest BCUT2D eigenvalue weighted by Gasteiger charge is -2.14. The van der Waals surface area contributed by atoms with E-state index in [1.165, 1.54) is 10.8 Å². The van der Waals surface area contributed by atoms with Crippen molar-refractivity contribution in [3.05, 3.63) is 29.8 Å². The first-order valence-electron chi connectivity index (χ1n) is 4.32. The summed E-state index contributed by atoms with van der Waals surface area (Å²) in [6.45, 7) is 9.41. The number of hydrogen-bond acceptors (Lipinski definition) is 0. The van der Waals surface area contributed by atoms with Gasteiger partial charge in [0.05, 0.1) is 9.04 Å². The predicted octanol–water partition coefficient (Wildman–Crippen LogP) is 2.16. The molecular formula is C10H16Si2. The summed E-state index contributed by atoms with van der Waals surface area (Å²) in [4.78, 5) is 0. The zero-order chi connectivity index (χ0) is 9.19. The summed E-state index contributed by atoms with van der Waals surface area (Å²) in [7, 11) is 0.161. The van der Waals surface area contributed by atoms with Crippen LogP contribution in [-0.4, -0.2) is 16.6 Å². The van der Waals surface area contributed by atoms with Crippen LogP contribution in [0.1, 0.15) is 5.56 Å². The van der Waals surface area contributed by atoms with Crippen LogP contribution in [0, 0.1) is 6.92 Å². The van der Waals surface area contributed by atoms with Gasteiger partial charge >= 0.3 is 0 Å². The van der Waals surface area contributed by atoms with Crippen LogP contribution in [0.3, 0.4) is 0 Å². The Morgan fingerprint density at radius 3 is 1.92 bits per heavy atom. The molecule has 0 spiro atoms. The third kappa shape index (κ3) is 3.37. The fourth-order valence-corrected chi connectivity index (χ4v) is 5.37. The lowest BCUT2D eigenvalue weighted by molar-refractivity contribution is 1.49. The van der Waals surface area contributed by atoms with Crippen molar-refractivity contribution in [1.82, 2.24) is 0 Å². The van der Waals surface area contributed by atoms with E-state index in [4.69, 9.17) is 0 Å².